The summed E-state index contributed by atoms with van der Waals surface area (Å²) in [4.78, 5) is 12.2. The fraction of sp³-hybridized carbons (Fsp3) is 0.0526. The van der Waals surface area contributed by atoms with Crippen LogP contribution >= 0.6 is 51.3 Å². The standard InChI is InChI=1S/C19H13BrCl2N2O2S/c20-12-3-1-11(2-4-12)17-8-6-14(26-17)10-23-19(27)24-18(25)15-7-5-13(21)9-16(15)22/h1-9H,10H2,(H2,23,24,25,27). The van der Waals surface area contributed by atoms with Crippen molar-refractivity contribution in [2.24, 2.45) is 0 Å². The number of amides is 1. The predicted octanol–water partition coefficient (Wildman–Crippen LogP) is 5.82. The smallest absolute Gasteiger partial charge is 0.258 e. The van der Waals surface area contributed by atoms with Crippen LogP contribution in [0.1, 0.15) is 16.1 Å². The SMILES string of the molecule is O=C(NC(=S)NCc1ccc(-c2ccc(Br)cc2)o1)c1ccc(Cl)cc1Cl. The van der Waals surface area contributed by atoms with E-state index in [9.17, 15) is 4.79 Å². The number of furan rings is 1. The Balaban J connectivity index is 1.56. The molecule has 3 rings (SSSR count). The molecule has 0 saturated heterocycles. The van der Waals surface area contributed by atoms with Gasteiger partial charge in [0.25, 0.3) is 5.91 Å². The summed E-state index contributed by atoms with van der Waals surface area (Å²) in [7, 11) is 0. The number of thiocarbonyl (C=S) groups is 1. The van der Waals surface area contributed by atoms with E-state index in [2.05, 4.69) is 26.6 Å². The molecular formula is C19H13BrCl2N2O2S. The summed E-state index contributed by atoms with van der Waals surface area (Å²) in [6, 6.07) is 16.2. The highest BCUT2D eigenvalue weighted by Gasteiger charge is 2.12. The molecule has 0 aliphatic rings. The Morgan fingerprint density at radius 3 is 2.52 bits per heavy atom. The van der Waals surface area contributed by atoms with Crippen molar-refractivity contribution in [2.75, 3.05) is 0 Å². The zero-order valence-electron chi connectivity index (χ0n) is 13.8. The second-order valence-corrected chi connectivity index (χ2v) is 7.70. The minimum atomic E-state index is -0.413. The molecule has 27 heavy (non-hydrogen) atoms. The summed E-state index contributed by atoms with van der Waals surface area (Å²) >= 11 is 20.4. The van der Waals surface area contributed by atoms with Gasteiger partial charge in [0.2, 0.25) is 0 Å². The Hall–Kier alpha value is -1.86. The third-order valence-corrected chi connectivity index (χ3v) is 4.94. The van der Waals surface area contributed by atoms with Gasteiger partial charge in [0.05, 0.1) is 17.1 Å². The zero-order valence-corrected chi connectivity index (χ0v) is 17.7. The molecule has 4 nitrogen and oxygen atoms in total. The van der Waals surface area contributed by atoms with E-state index in [0.717, 1.165) is 15.8 Å². The van der Waals surface area contributed by atoms with E-state index in [0.29, 0.717) is 22.9 Å². The van der Waals surface area contributed by atoms with Gasteiger partial charge in [0, 0.05) is 15.1 Å². The summed E-state index contributed by atoms with van der Waals surface area (Å²) in [5.74, 6) is 1.03. The molecule has 2 aromatic carbocycles. The molecule has 0 unspecified atom stereocenters. The highest BCUT2D eigenvalue weighted by molar-refractivity contribution is 9.10. The fourth-order valence-corrected chi connectivity index (χ4v) is 3.22. The number of hydrogen-bond donors (Lipinski definition) is 2. The van der Waals surface area contributed by atoms with E-state index in [1.165, 1.54) is 6.07 Å². The van der Waals surface area contributed by atoms with E-state index in [-0.39, 0.29) is 10.1 Å². The summed E-state index contributed by atoms with van der Waals surface area (Å²) in [6.45, 7) is 0.337. The number of hydrogen-bond acceptors (Lipinski definition) is 3. The first-order valence-corrected chi connectivity index (χ1v) is 9.77. The van der Waals surface area contributed by atoms with Gasteiger partial charge in [-0.1, -0.05) is 51.3 Å². The van der Waals surface area contributed by atoms with E-state index >= 15 is 0 Å². The average Bonchev–Trinajstić information content (AvgIpc) is 3.09. The average molecular weight is 484 g/mol. The van der Waals surface area contributed by atoms with Gasteiger partial charge >= 0.3 is 0 Å². The largest absolute Gasteiger partial charge is 0.459 e. The summed E-state index contributed by atoms with van der Waals surface area (Å²) in [5.41, 5.74) is 1.26. The molecule has 1 amide bonds. The topological polar surface area (TPSA) is 54.3 Å². The first kappa shape index (κ1) is 19.9. The van der Waals surface area contributed by atoms with Crippen LogP contribution in [0.5, 0.6) is 0 Å². The maximum Gasteiger partial charge on any atom is 0.258 e. The first-order valence-electron chi connectivity index (χ1n) is 7.81. The molecule has 0 aliphatic heterocycles. The Morgan fingerprint density at radius 1 is 1.07 bits per heavy atom. The normalized spacial score (nSPS) is 10.5. The molecule has 138 valence electrons. The Morgan fingerprint density at radius 2 is 1.81 bits per heavy atom. The molecule has 2 N–H and O–H groups in total. The predicted molar refractivity (Wildman–Crippen MR) is 115 cm³/mol. The summed E-state index contributed by atoms with van der Waals surface area (Å²) in [6.07, 6.45) is 0. The quantitative estimate of drug-likeness (QED) is 0.459. The molecule has 8 heteroatoms. The lowest BCUT2D eigenvalue weighted by Crippen LogP contribution is -2.38. The minimum Gasteiger partial charge on any atom is -0.459 e. The van der Waals surface area contributed by atoms with E-state index in [1.807, 2.05) is 36.4 Å². The summed E-state index contributed by atoms with van der Waals surface area (Å²) in [5, 5.41) is 6.40. The monoisotopic (exact) mass is 482 g/mol. The third-order valence-electron chi connectivity index (χ3n) is 3.62. The Kier molecular flexibility index (Phi) is 6.55. The van der Waals surface area contributed by atoms with Crippen LogP contribution in [0, 0.1) is 0 Å². The van der Waals surface area contributed by atoms with Crippen molar-refractivity contribution in [2.45, 2.75) is 6.54 Å². The number of rotatable bonds is 4. The number of halogens is 3. The van der Waals surface area contributed by atoms with Crippen molar-refractivity contribution in [3.63, 3.8) is 0 Å². The maximum absolute atomic E-state index is 12.2. The van der Waals surface area contributed by atoms with Gasteiger partial charge in [-0.05, 0) is 54.7 Å². The molecule has 0 aliphatic carbocycles. The molecule has 0 atom stereocenters. The van der Waals surface area contributed by atoms with Crippen LogP contribution in [0.25, 0.3) is 11.3 Å². The molecule has 1 heterocycles. The third kappa shape index (κ3) is 5.32. The van der Waals surface area contributed by atoms with Crippen molar-refractivity contribution in [1.82, 2.24) is 10.6 Å². The zero-order chi connectivity index (χ0) is 19.4. The molecule has 0 saturated carbocycles. The van der Waals surface area contributed by atoms with Gasteiger partial charge in [0.1, 0.15) is 11.5 Å². The van der Waals surface area contributed by atoms with Crippen molar-refractivity contribution < 1.29 is 9.21 Å². The van der Waals surface area contributed by atoms with E-state index in [1.54, 1.807) is 12.1 Å². The molecule has 0 spiro atoms. The number of nitrogens with one attached hydrogen (secondary N) is 2. The second-order valence-electron chi connectivity index (χ2n) is 5.53. The molecular weight excluding hydrogens is 471 g/mol. The van der Waals surface area contributed by atoms with E-state index in [4.69, 9.17) is 39.8 Å². The molecule has 0 bridgehead atoms. The Labute approximate surface area is 180 Å². The lowest BCUT2D eigenvalue weighted by Gasteiger charge is -2.09. The molecule has 3 aromatic rings. The number of carbonyl (C=O) groups is 1. The van der Waals surface area contributed by atoms with E-state index < -0.39 is 5.91 Å². The molecule has 0 radical (unpaired) electrons. The van der Waals surface area contributed by atoms with Crippen molar-refractivity contribution >= 4 is 62.4 Å². The van der Waals surface area contributed by atoms with Crippen LogP contribution in [0.2, 0.25) is 10.0 Å². The second kappa shape index (κ2) is 8.89. The highest BCUT2D eigenvalue weighted by atomic mass is 79.9. The van der Waals surface area contributed by atoms with Gasteiger partial charge in [-0.2, -0.15) is 0 Å². The van der Waals surface area contributed by atoms with Gasteiger partial charge < -0.3 is 9.73 Å². The van der Waals surface area contributed by atoms with Crippen LogP contribution in [-0.2, 0) is 6.54 Å². The van der Waals surface area contributed by atoms with Crippen LogP contribution in [-0.4, -0.2) is 11.0 Å². The van der Waals surface area contributed by atoms with Gasteiger partial charge in [0.15, 0.2) is 5.11 Å². The summed E-state index contributed by atoms with van der Waals surface area (Å²) < 4.78 is 6.80. The fourth-order valence-electron chi connectivity index (χ4n) is 2.30. The highest BCUT2D eigenvalue weighted by Crippen LogP contribution is 2.24. The number of carbonyl (C=O) groups excluding carboxylic acids is 1. The first-order chi connectivity index (χ1) is 12.9. The van der Waals surface area contributed by atoms with Crippen molar-refractivity contribution in [3.8, 4) is 11.3 Å². The maximum atomic E-state index is 12.2. The van der Waals surface area contributed by atoms with Crippen LogP contribution in [0.15, 0.2) is 63.5 Å². The van der Waals surface area contributed by atoms with Crippen LogP contribution in [0.3, 0.4) is 0 Å². The minimum absolute atomic E-state index is 0.174. The number of benzene rings is 2. The Bertz CT molecular complexity index is 990. The lowest BCUT2D eigenvalue weighted by atomic mass is 10.2. The molecule has 1 aromatic heterocycles. The molecule has 0 fully saturated rings. The van der Waals surface area contributed by atoms with Crippen molar-refractivity contribution in [1.29, 1.82) is 0 Å². The van der Waals surface area contributed by atoms with Crippen LogP contribution < -0.4 is 10.6 Å². The lowest BCUT2D eigenvalue weighted by molar-refractivity contribution is 0.0976. The van der Waals surface area contributed by atoms with Gasteiger partial charge in [-0.25, -0.2) is 0 Å². The van der Waals surface area contributed by atoms with Crippen molar-refractivity contribution in [3.05, 3.63) is 80.4 Å². The van der Waals surface area contributed by atoms with Gasteiger partial charge in [-0.3, -0.25) is 10.1 Å². The van der Waals surface area contributed by atoms with Crippen LogP contribution in [0.4, 0.5) is 0 Å². The van der Waals surface area contributed by atoms with Gasteiger partial charge in [-0.15, -0.1) is 0 Å².